The van der Waals surface area contributed by atoms with Crippen LogP contribution in [-0.4, -0.2) is 28.8 Å². The highest BCUT2D eigenvalue weighted by Gasteiger charge is 2.14. The normalized spacial score (nSPS) is 12.1. The van der Waals surface area contributed by atoms with E-state index in [-0.39, 0.29) is 17.4 Å². The van der Waals surface area contributed by atoms with Crippen molar-refractivity contribution in [2.24, 2.45) is 5.92 Å². The predicted molar refractivity (Wildman–Crippen MR) is 56.8 cm³/mol. The summed E-state index contributed by atoms with van der Waals surface area (Å²) in [6.07, 6.45) is 2.97. The van der Waals surface area contributed by atoms with E-state index in [0.29, 0.717) is 10.8 Å². The molecule has 0 aromatic carbocycles. The zero-order valence-electron chi connectivity index (χ0n) is 8.52. The number of ether oxygens (including phenoxy) is 1. The first-order chi connectivity index (χ1) is 7.15. The Bertz CT molecular complexity index is 391. The van der Waals surface area contributed by atoms with Gasteiger partial charge in [-0.2, -0.15) is 0 Å². The standard InChI is InChI=1S/C9H12N2O3S/c1-6(9(13)14-2)5-15-8-7(12)10-3-4-11-8/h3-4,6H,5H2,1-2H3,(H,10,12). The van der Waals surface area contributed by atoms with E-state index in [9.17, 15) is 9.59 Å². The van der Waals surface area contributed by atoms with Crippen LogP contribution < -0.4 is 5.56 Å². The van der Waals surface area contributed by atoms with Crippen molar-refractivity contribution >= 4 is 17.7 Å². The number of carbonyl (C=O) groups excluding carboxylic acids is 1. The highest BCUT2D eigenvalue weighted by atomic mass is 32.2. The maximum Gasteiger partial charge on any atom is 0.309 e. The van der Waals surface area contributed by atoms with Gasteiger partial charge in [-0.15, -0.1) is 0 Å². The number of hydrogen-bond acceptors (Lipinski definition) is 5. The Labute approximate surface area is 91.3 Å². The van der Waals surface area contributed by atoms with Crippen LogP contribution in [0.15, 0.2) is 22.2 Å². The molecule has 0 bridgehead atoms. The second kappa shape index (κ2) is 5.55. The molecule has 0 amide bonds. The Morgan fingerprint density at radius 2 is 2.47 bits per heavy atom. The minimum absolute atomic E-state index is 0.237. The van der Waals surface area contributed by atoms with Gasteiger partial charge in [-0.25, -0.2) is 4.98 Å². The van der Waals surface area contributed by atoms with E-state index >= 15 is 0 Å². The van der Waals surface area contributed by atoms with Crippen molar-refractivity contribution in [1.82, 2.24) is 9.97 Å². The number of esters is 1. The Morgan fingerprint density at radius 3 is 3.07 bits per heavy atom. The zero-order chi connectivity index (χ0) is 11.3. The second-order valence-electron chi connectivity index (χ2n) is 2.96. The lowest BCUT2D eigenvalue weighted by Crippen LogP contribution is -2.16. The number of thioether (sulfide) groups is 1. The molecule has 1 unspecified atom stereocenters. The van der Waals surface area contributed by atoms with E-state index in [4.69, 9.17) is 0 Å². The van der Waals surface area contributed by atoms with Crippen LogP contribution in [0.4, 0.5) is 0 Å². The summed E-state index contributed by atoms with van der Waals surface area (Å²) in [6, 6.07) is 0. The molecule has 1 aromatic rings. The van der Waals surface area contributed by atoms with Crippen LogP contribution >= 0.6 is 11.8 Å². The lowest BCUT2D eigenvalue weighted by atomic mass is 10.2. The molecule has 5 nitrogen and oxygen atoms in total. The van der Waals surface area contributed by atoms with Gasteiger partial charge in [0.25, 0.3) is 5.56 Å². The lowest BCUT2D eigenvalue weighted by molar-refractivity contribution is -0.143. The maximum absolute atomic E-state index is 11.2. The summed E-state index contributed by atoms with van der Waals surface area (Å²) in [5, 5.41) is 0.369. The Hall–Kier alpha value is -1.30. The van der Waals surface area contributed by atoms with Crippen molar-refractivity contribution in [2.75, 3.05) is 12.9 Å². The molecule has 0 aliphatic carbocycles. The number of carbonyl (C=O) groups is 1. The van der Waals surface area contributed by atoms with Crippen molar-refractivity contribution in [3.63, 3.8) is 0 Å². The van der Waals surface area contributed by atoms with Gasteiger partial charge in [0.1, 0.15) is 0 Å². The maximum atomic E-state index is 11.2. The highest BCUT2D eigenvalue weighted by molar-refractivity contribution is 7.99. The molecule has 0 saturated carbocycles. The lowest BCUT2D eigenvalue weighted by Gasteiger charge is -2.06. The van der Waals surface area contributed by atoms with Gasteiger partial charge < -0.3 is 9.72 Å². The second-order valence-corrected chi connectivity index (χ2v) is 3.97. The smallest absolute Gasteiger partial charge is 0.309 e. The summed E-state index contributed by atoms with van der Waals surface area (Å²) >= 11 is 1.24. The number of aromatic nitrogens is 2. The summed E-state index contributed by atoms with van der Waals surface area (Å²) in [7, 11) is 1.34. The average molecular weight is 228 g/mol. The van der Waals surface area contributed by atoms with Crippen molar-refractivity contribution in [2.45, 2.75) is 11.9 Å². The molecule has 0 aliphatic heterocycles. The largest absolute Gasteiger partial charge is 0.469 e. The van der Waals surface area contributed by atoms with Gasteiger partial charge >= 0.3 is 5.97 Å². The average Bonchev–Trinajstić information content (AvgIpc) is 2.26. The molecule has 0 radical (unpaired) electrons. The quantitative estimate of drug-likeness (QED) is 0.605. The molecule has 0 fully saturated rings. The topological polar surface area (TPSA) is 72.0 Å². The van der Waals surface area contributed by atoms with E-state index in [1.54, 1.807) is 6.92 Å². The zero-order valence-corrected chi connectivity index (χ0v) is 9.34. The van der Waals surface area contributed by atoms with Crippen molar-refractivity contribution in [3.05, 3.63) is 22.7 Å². The van der Waals surface area contributed by atoms with E-state index < -0.39 is 0 Å². The number of nitrogens with one attached hydrogen (secondary N) is 1. The van der Waals surface area contributed by atoms with E-state index in [0.717, 1.165) is 0 Å². The molecule has 0 saturated heterocycles. The minimum Gasteiger partial charge on any atom is -0.469 e. The van der Waals surface area contributed by atoms with Gasteiger partial charge in [0.2, 0.25) is 0 Å². The minimum atomic E-state index is -0.283. The first-order valence-corrected chi connectivity index (χ1v) is 5.38. The molecule has 0 spiro atoms. The number of nitrogens with zero attached hydrogens (tertiary/aromatic N) is 1. The number of aromatic amines is 1. The van der Waals surface area contributed by atoms with Crippen molar-refractivity contribution in [3.8, 4) is 0 Å². The molecular weight excluding hydrogens is 216 g/mol. The molecule has 82 valence electrons. The molecule has 1 atom stereocenters. The van der Waals surface area contributed by atoms with Crippen LogP contribution in [0.3, 0.4) is 0 Å². The van der Waals surface area contributed by atoms with Crippen LogP contribution in [-0.2, 0) is 9.53 Å². The van der Waals surface area contributed by atoms with Gasteiger partial charge in [-0.05, 0) is 0 Å². The van der Waals surface area contributed by atoms with Gasteiger partial charge in [0, 0.05) is 18.1 Å². The van der Waals surface area contributed by atoms with Crippen molar-refractivity contribution < 1.29 is 9.53 Å². The number of methoxy groups -OCH3 is 1. The third-order valence-corrected chi connectivity index (χ3v) is 2.98. The number of H-pyrrole nitrogens is 1. The molecule has 15 heavy (non-hydrogen) atoms. The van der Waals surface area contributed by atoms with Gasteiger partial charge in [0.05, 0.1) is 13.0 Å². The van der Waals surface area contributed by atoms with Gasteiger partial charge in [0.15, 0.2) is 5.03 Å². The number of rotatable bonds is 4. The van der Waals surface area contributed by atoms with Crippen molar-refractivity contribution in [1.29, 1.82) is 0 Å². The first-order valence-electron chi connectivity index (χ1n) is 4.39. The van der Waals surface area contributed by atoms with E-state index in [1.807, 2.05) is 0 Å². The molecule has 1 heterocycles. The monoisotopic (exact) mass is 228 g/mol. The van der Waals surface area contributed by atoms with E-state index in [1.165, 1.54) is 31.3 Å². The summed E-state index contributed by atoms with van der Waals surface area (Å²) < 4.78 is 4.57. The van der Waals surface area contributed by atoms with Crippen LogP contribution in [0, 0.1) is 5.92 Å². The fraction of sp³-hybridized carbons (Fsp3) is 0.444. The Morgan fingerprint density at radius 1 is 1.73 bits per heavy atom. The molecule has 1 rings (SSSR count). The van der Waals surface area contributed by atoms with Crippen LogP contribution in [0.2, 0.25) is 0 Å². The highest BCUT2D eigenvalue weighted by Crippen LogP contribution is 2.14. The predicted octanol–water partition coefficient (Wildman–Crippen LogP) is 0.671. The molecule has 1 aromatic heterocycles. The fourth-order valence-corrected chi connectivity index (χ4v) is 1.78. The third-order valence-electron chi connectivity index (χ3n) is 1.75. The summed E-state index contributed by atoms with van der Waals surface area (Å²) in [6.45, 7) is 1.75. The molecule has 0 aliphatic rings. The summed E-state index contributed by atoms with van der Waals surface area (Å²) in [4.78, 5) is 28.7. The molecule has 6 heteroatoms. The number of hydrogen-bond donors (Lipinski definition) is 1. The van der Waals surface area contributed by atoms with Crippen LogP contribution in [0.25, 0.3) is 0 Å². The Balaban J connectivity index is 2.54. The SMILES string of the molecule is COC(=O)C(C)CSc1ncc[nH]c1=O. The Kier molecular flexibility index (Phi) is 4.36. The van der Waals surface area contributed by atoms with Gasteiger partial charge in [-0.1, -0.05) is 18.7 Å². The molecule has 1 N–H and O–H groups in total. The van der Waals surface area contributed by atoms with Crippen LogP contribution in [0.5, 0.6) is 0 Å². The third kappa shape index (κ3) is 3.39. The first kappa shape index (κ1) is 11.8. The molecular formula is C9H12N2O3S. The summed E-state index contributed by atoms with van der Waals surface area (Å²) in [5.74, 6) is -0.0523. The van der Waals surface area contributed by atoms with Gasteiger partial charge in [-0.3, -0.25) is 9.59 Å². The van der Waals surface area contributed by atoms with Crippen LogP contribution in [0.1, 0.15) is 6.92 Å². The van der Waals surface area contributed by atoms with E-state index in [2.05, 4.69) is 14.7 Å². The fourth-order valence-electron chi connectivity index (χ4n) is 0.914. The summed E-state index contributed by atoms with van der Waals surface area (Å²) in [5.41, 5.74) is -0.237.